The molecule has 2 aromatic rings. The Labute approximate surface area is 198 Å². The number of piperidine rings is 1. The number of aryl methyl sites for hydroxylation is 1. The maximum absolute atomic E-state index is 13.0. The third-order valence-electron chi connectivity index (χ3n) is 7.12. The maximum atomic E-state index is 13.0. The first-order valence-electron chi connectivity index (χ1n) is 12.5. The number of nitrogens with one attached hydrogen (secondary N) is 1. The molecule has 0 aliphatic carbocycles. The molecule has 1 unspecified atom stereocenters. The Hall–Kier alpha value is -2.66. The molecule has 2 aliphatic heterocycles. The van der Waals surface area contributed by atoms with Crippen molar-refractivity contribution in [3.05, 3.63) is 71.3 Å². The third-order valence-corrected chi connectivity index (χ3v) is 7.12. The highest BCUT2D eigenvalue weighted by molar-refractivity contribution is 5.81. The molecular weight excluding hydrogens is 410 g/mol. The quantitative estimate of drug-likeness (QED) is 0.718. The molecule has 5 heteroatoms. The number of hydrogen-bond acceptors (Lipinski definition) is 3. The monoisotopic (exact) mass is 447 g/mol. The van der Waals surface area contributed by atoms with E-state index in [1.807, 2.05) is 23.1 Å². The SMILES string of the molecule is Cc1ccc(C(NCC(=O)N2CCC(C(=O)N3CCCCCC3)CC2)c2ccccc2)cc1. The van der Waals surface area contributed by atoms with Crippen molar-refractivity contribution >= 4 is 11.8 Å². The summed E-state index contributed by atoms with van der Waals surface area (Å²) in [7, 11) is 0. The van der Waals surface area contributed by atoms with Gasteiger partial charge in [0.25, 0.3) is 0 Å². The van der Waals surface area contributed by atoms with Crippen LogP contribution in [-0.2, 0) is 9.59 Å². The van der Waals surface area contributed by atoms with Gasteiger partial charge < -0.3 is 9.80 Å². The standard InChI is InChI=1S/C28H37N3O2/c1-22-11-13-24(14-12-22)27(23-9-5-4-6-10-23)29-21-26(32)30-19-15-25(16-20-30)28(33)31-17-7-2-3-8-18-31/h4-6,9-14,25,27,29H,2-3,7-8,15-21H2,1H3. The van der Waals surface area contributed by atoms with Crippen LogP contribution in [-0.4, -0.2) is 54.3 Å². The molecule has 2 aliphatic rings. The molecule has 176 valence electrons. The minimum absolute atomic E-state index is 0.0297. The van der Waals surface area contributed by atoms with Crippen LogP contribution in [0, 0.1) is 12.8 Å². The lowest BCUT2D eigenvalue weighted by atomic mass is 9.95. The molecular formula is C28H37N3O2. The predicted molar refractivity (Wildman–Crippen MR) is 132 cm³/mol. The van der Waals surface area contributed by atoms with E-state index in [0.717, 1.165) is 49.9 Å². The normalized spacial score (nSPS) is 18.6. The Balaban J connectivity index is 1.32. The van der Waals surface area contributed by atoms with E-state index in [1.54, 1.807) is 0 Å². The first kappa shape index (κ1) is 23.5. The molecule has 0 radical (unpaired) electrons. The molecule has 2 saturated heterocycles. The Morgan fingerprint density at radius 3 is 2.06 bits per heavy atom. The van der Waals surface area contributed by atoms with Crippen LogP contribution >= 0.6 is 0 Å². The molecule has 2 aromatic carbocycles. The van der Waals surface area contributed by atoms with Gasteiger partial charge in [-0.3, -0.25) is 14.9 Å². The summed E-state index contributed by atoms with van der Waals surface area (Å²) in [5.74, 6) is 0.499. The molecule has 1 N–H and O–H groups in total. The van der Waals surface area contributed by atoms with Crippen molar-refractivity contribution in [3.8, 4) is 0 Å². The van der Waals surface area contributed by atoms with E-state index < -0.39 is 0 Å². The molecule has 5 nitrogen and oxygen atoms in total. The van der Waals surface area contributed by atoms with Crippen molar-refractivity contribution in [3.63, 3.8) is 0 Å². The smallest absolute Gasteiger partial charge is 0.236 e. The second-order valence-corrected chi connectivity index (χ2v) is 9.53. The minimum atomic E-state index is -0.0297. The Morgan fingerprint density at radius 2 is 1.42 bits per heavy atom. The number of rotatable bonds is 6. The van der Waals surface area contributed by atoms with Crippen LogP contribution in [0.25, 0.3) is 0 Å². The van der Waals surface area contributed by atoms with Crippen LogP contribution in [0.2, 0.25) is 0 Å². The van der Waals surface area contributed by atoms with Crippen LogP contribution in [0.1, 0.15) is 61.3 Å². The van der Waals surface area contributed by atoms with E-state index in [1.165, 1.54) is 18.4 Å². The van der Waals surface area contributed by atoms with Crippen LogP contribution in [0.15, 0.2) is 54.6 Å². The summed E-state index contributed by atoms with van der Waals surface area (Å²) in [6.45, 7) is 5.53. The molecule has 0 saturated carbocycles. The summed E-state index contributed by atoms with van der Waals surface area (Å²) in [6.07, 6.45) is 6.27. The first-order chi connectivity index (χ1) is 16.1. The minimum Gasteiger partial charge on any atom is -0.342 e. The third kappa shape index (κ3) is 6.23. The van der Waals surface area contributed by atoms with Gasteiger partial charge in [-0.05, 0) is 43.7 Å². The number of hydrogen-bond donors (Lipinski definition) is 1. The van der Waals surface area contributed by atoms with Crippen molar-refractivity contribution in [2.24, 2.45) is 5.92 Å². The van der Waals surface area contributed by atoms with Crippen LogP contribution in [0.3, 0.4) is 0 Å². The number of benzene rings is 2. The fourth-order valence-corrected chi connectivity index (χ4v) is 5.06. The lowest BCUT2D eigenvalue weighted by Crippen LogP contribution is -2.47. The molecule has 2 heterocycles. The molecule has 0 bridgehead atoms. The van der Waals surface area contributed by atoms with Gasteiger partial charge in [0, 0.05) is 32.1 Å². The fourth-order valence-electron chi connectivity index (χ4n) is 5.06. The maximum Gasteiger partial charge on any atom is 0.236 e. The van der Waals surface area contributed by atoms with Gasteiger partial charge in [0.05, 0.1) is 12.6 Å². The first-order valence-corrected chi connectivity index (χ1v) is 12.5. The average molecular weight is 448 g/mol. The average Bonchev–Trinajstić information content (AvgIpc) is 3.15. The highest BCUT2D eigenvalue weighted by atomic mass is 16.2. The van der Waals surface area contributed by atoms with Gasteiger partial charge in [-0.15, -0.1) is 0 Å². The zero-order valence-electron chi connectivity index (χ0n) is 19.8. The number of nitrogens with zero attached hydrogens (tertiary/aromatic N) is 2. The van der Waals surface area contributed by atoms with Gasteiger partial charge >= 0.3 is 0 Å². The number of carbonyl (C=O) groups is 2. The molecule has 2 fully saturated rings. The number of amides is 2. The summed E-state index contributed by atoms with van der Waals surface area (Å²) >= 11 is 0. The summed E-state index contributed by atoms with van der Waals surface area (Å²) in [6, 6.07) is 18.7. The molecule has 0 spiro atoms. The zero-order chi connectivity index (χ0) is 23.0. The summed E-state index contributed by atoms with van der Waals surface area (Å²) < 4.78 is 0. The van der Waals surface area contributed by atoms with Gasteiger partial charge in [0.15, 0.2) is 0 Å². The van der Waals surface area contributed by atoms with Crippen LogP contribution < -0.4 is 5.32 Å². The molecule has 2 amide bonds. The van der Waals surface area contributed by atoms with Crippen LogP contribution in [0.5, 0.6) is 0 Å². The zero-order valence-corrected chi connectivity index (χ0v) is 19.8. The van der Waals surface area contributed by atoms with Crippen molar-refractivity contribution in [1.82, 2.24) is 15.1 Å². The van der Waals surface area contributed by atoms with Crippen LogP contribution in [0.4, 0.5) is 0 Å². The summed E-state index contributed by atoms with van der Waals surface area (Å²) in [4.78, 5) is 30.0. The van der Waals surface area contributed by atoms with Gasteiger partial charge in [-0.2, -0.15) is 0 Å². The summed E-state index contributed by atoms with van der Waals surface area (Å²) in [5, 5.41) is 3.50. The molecule has 0 aromatic heterocycles. The van der Waals surface area contributed by atoms with Gasteiger partial charge in [0.1, 0.15) is 0 Å². The van der Waals surface area contributed by atoms with Gasteiger partial charge in [0.2, 0.25) is 11.8 Å². The lowest BCUT2D eigenvalue weighted by Gasteiger charge is -2.34. The van der Waals surface area contributed by atoms with Crippen molar-refractivity contribution < 1.29 is 9.59 Å². The number of carbonyl (C=O) groups excluding carboxylic acids is 2. The van der Waals surface area contributed by atoms with Crippen molar-refractivity contribution in [2.45, 2.75) is 51.5 Å². The second-order valence-electron chi connectivity index (χ2n) is 9.53. The Morgan fingerprint density at radius 1 is 0.818 bits per heavy atom. The molecule has 1 atom stereocenters. The Bertz CT molecular complexity index is 896. The number of likely N-dealkylation sites (tertiary alicyclic amines) is 2. The lowest BCUT2D eigenvalue weighted by molar-refractivity contribution is -0.140. The van der Waals surface area contributed by atoms with Crippen molar-refractivity contribution in [1.29, 1.82) is 0 Å². The van der Waals surface area contributed by atoms with E-state index >= 15 is 0 Å². The fraction of sp³-hybridized carbons (Fsp3) is 0.500. The van der Waals surface area contributed by atoms with E-state index in [4.69, 9.17) is 0 Å². The van der Waals surface area contributed by atoms with Gasteiger partial charge in [-0.25, -0.2) is 0 Å². The molecule has 4 rings (SSSR count). The van der Waals surface area contributed by atoms with E-state index in [-0.39, 0.29) is 24.4 Å². The van der Waals surface area contributed by atoms with E-state index in [9.17, 15) is 9.59 Å². The predicted octanol–water partition coefficient (Wildman–Crippen LogP) is 4.32. The van der Waals surface area contributed by atoms with Gasteiger partial charge in [-0.1, -0.05) is 73.0 Å². The Kier molecular flexibility index (Phi) is 8.16. The van der Waals surface area contributed by atoms with E-state index in [2.05, 4.69) is 53.5 Å². The molecule has 33 heavy (non-hydrogen) atoms. The highest BCUT2D eigenvalue weighted by Crippen LogP contribution is 2.24. The van der Waals surface area contributed by atoms with E-state index in [0.29, 0.717) is 19.0 Å². The summed E-state index contributed by atoms with van der Waals surface area (Å²) in [5.41, 5.74) is 3.52. The van der Waals surface area contributed by atoms with Crippen molar-refractivity contribution in [2.75, 3.05) is 32.7 Å². The topological polar surface area (TPSA) is 52.7 Å². The highest BCUT2D eigenvalue weighted by Gasteiger charge is 2.30. The second kappa shape index (κ2) is 11.5. The largest absolute Gasteiger partial charge is 0.342 e.